The van der Waals surface area contributed by atoms with Crippen LogP contribution in [0.25, 0.3) is 0 Å². The molecule has 0 radical (unpaired) electrons. The average Bonchev–Trinajstić information content (AvgIpc) is 3.25. The number of carbonyl (C=O) groups excluding carboxylic acids is 1. The Kier molecular flexibility index (Phi) is 4.08. The molecule has 4 rings (SSSR count). The van der Waals surface area contributed by atoms with Gasteiger partial charge in [-0.15, -0.1) is 5.10 Å². The number of nitrogens with zero attached hydrogens (tertiary/aromatic N) is 5. The number of amides is 1. The minimum atomic E-state index is -0.0434. The van der Waals surface area contributed by atoms with Gasteiger partial charge in [-0.25, -0.2) is 0 Å². The van der Waals surface area contributed by atoms with Crippen molar-refractivity contribution in [3.05, 3.63) is 29.8 Å². The van der Waals surface area contributed by atoms with Gasteiger partial charge in [0.2, 0.25) is 5.91 Å². The molecule has 1 fully saturated rings. The lowest BCUT2D eigenvalue weighted by Crippen LogP contribution is -2.43. The Balaban J connectivity index is 1.38. The summed E-state index contributed by atoms with van der Waals surface area (Å²) in [6, 6.07) is 0. The van der Waals surface area contributed by atoms with Crippen LogP contribution in [-0.4, -0.2) is 49.1 Å². The van der Waals surface area contributed by atoms with Crippen LogP contribution in [0, 0.1) is 11.8 Å². The van der Waals surface area contributed by atoms with E-state index >= 15 is 0 Å². The zero-order valence-corrected chi connectivity index (χ0v) is 14.1. The van der Waals surface area contributed by atoms with Gasteiger partial charge in [0.15, 0.2) is 0 Å². The third kappa shape index (κ3) is 2.95. The molecule has 2 unspecified atom stereocenters. The monoisotopic (exact) mass is 328 g/mol. The normalized spacial score (nSPS) is 24.8. The number of carbonyl (C=O) groups is 1. The maximum absolute atomic E-state index is 13.0. The Morgan fingerprint density at radius 2 is 2.21 bits per heavy atom. The van der Waals surface area contributed by atoms with Crippen LogP contribution in [0.5, 0.6) is 0 Å². The van der Waals surface area contributed by atoms with E-state index in [1.165, 1.54) is 5.56 Å². The van der Waals surface area contributed by atoms with Crippen molar-refractivity contribution in [1.29, 1.82) is 0 Å². The molecule has 2 aliphatic rings. The Morgan fingerprint density at radius 3 is 2.96 bits per heavy atom. The smallest absolute Gasteiger partial charge is 0.231 e. The van der Waals surface area contributed by atoms with Gasteiger partial charge >= 0.3 is 0 Å². The van der Waals surface area contributed by atoms with E-state index < -0.39 is 0 Å². The lowest BCUT2D eigenvalue weighted by Gasteiger charge is -2.36. The summed E-state index contributed by atoms with van der Waals surface area (Å²) < 4.78 is 1.89. The van der Waals surface area contributed by atoms with Crippen LogP contribution in [0.1, 0.15) is 43.4 Å². The number of hydrogen-bond donors (Lipinski definition) is 1. The number of nitrogens with one attached hydrogen (secondary N) is 1. The highest BCUT2D eigenvalue weighted by atomic mass is 16.2. The predicted octanol–water partition coefficient (Wildman–Crippen LogP) is 1.61. The van der Waals surface area contributed by atoms with Crippen LogP contribution in [0.15, 0.2) is 18.6 Å². The van der Waals surface area contributed by atoms with Crippen molar-refractivity contribution in [3.8, 4) is 0 Å². The first-order valence-electron chi connectivity index (χ1n) is 8.85. The van der Waals surface area contributed by atoms with Gasteiger partial charge in [-0.1, -0.05) is 12.1 Å². The maximum Gasteiger partial charge on any atom is 0.231 e. The van der Waals surface area contributed by atoms with Gasteiger partial charge in [0.1, 0.15) is 0 Å². The molecule has 0 bridgehead atoms. The van der Waals surface area contributed by atoms with E-state index in [1.54, 1.807) is 6.20 Å². The Labute approximate surface area is 141 Å². The Hall–Kier alpha value is -2.18. The molecule has 0 aromatic carbocycles. The largest absolute Gasteiger partial charge is 0.342 e. The molecule has 2 atom stereocenters. The van der Waals surface area contributed by atoms with Gasteiger partial charge in [0.05, 0.1) is 24.0 Å². The van der Waals surface area contributed by atoms with Gasteiger partial charge < -0.3 is 4.90 Å². The first kappa shape index (κ1) is 15.4. The van der Waals surface area contributed by atoms with Crippen molar-refractivity contribution in [1.82, 2.24) is 30.1 Å². The first-order valence-corrected chi connectivity index (χ1v) is 8.85. The number of fused-ring (bicyclic) bond motifs is 1. The van der Waals surface area contributed by atoms with Crippen molar-refractivity contribution >= 4 is 5.91 Å². The highest BCUT2D eigenvalue weighted by molar-refractivity contribution is 5.84. The number of aromatic amines is 1. The average molecular weight is 328 g/mol. The quantitative estimate of drug-likeness (QED) is 0.928. The second-order valence-corrected chi connectivity index (χ2v) is 7.30. The Morgan fingerprint density at radius 1 is 1.38 bits per heavy atom. The third-order valence-corrected chi connectivity index (χ3v) is 5.45. The fraction of sp³-hybridized carbons (Fsp3) is 0.647. The number of aromatic nitrogens is 5. The third-order valence-electron chi connectivity index (χ3n) is 5.45. The molecule has 3 heterocycles. The van der Waals surface area contributed by atoms with E-state index in [2.05, 4.69) is 27.4 Å². The number of rotatable bonds is 3. The maximum atomic E-state index is 13.0. The van der Waals surface area contributed by atoms with Crippen molar-refractivity contribution in [2.24, 2.45) is 11.8 Å². The summed E-state index contributed by atoms with van der Waals surface area (Å²) in [5.74, 6) is 1.34. The molecule has 7 nitrogen and oxygen atoms in total. The van der Waals surface area contributed by atoms with Crippen molar-refractivity contribution in [3.63, 3.8) is 0 Å². The van der Waals surface area contributed by atoms with Crippen LogP contribution < -0.4 is 0 Å². The Bertz CT molecular complexity index is 686. The fourth-order valence-electron chi connectivity index (χ4n) is 4.14. The predicted molar refractivity (Wildman–Crippen MR) is 88.1 cm³/mol. The van der Waals surface area contributed by atoms with Crippen LogP contribution in [-0.2, 0) is 17.8 Å². The van der Waals surface area contributed by atoms with Crippen molar-refractivity contribution in [2.75, 3.05) is 13.1 Å². The lowest BCUT2D eigenvalue weighted by molar-refractivity contribution is -0.135. The number of piperidine rings is 1. The topological polar surface area (TPSA) is 79.7 Å². The summed E-state index contributed by atoms with van der Waals surface area (Å²) >= 11 is 0. The van der Waals surface area contributed by atoms with Crippen LogP contribution in [0.4, 0.5) is 0 Å². The van der Waals surface area contributed by atoms with Crippen molar-refractivity contribution < 1.29 is 4.79 Å². The molecule has 1 saturated heterocycles. The number of H-pyrrole nitrogens is 1. The van der Waals surface area contributed by atoms with Crippen LogP contribution >= 0.6 is 0 Å². The van der Waals surface area contributed by atoms with Gasteiger partial charge in [-0.2, -0.15) is 5.10 Å². The molecule has 2 aromatic heterocycles. The summed E-state index contributed by atoms with van der Waals surface area (Å²) in [6.45, 7) is 4.80. The molecule has 1 amide bonds. The second-order valence-electron chi connectivity index (χ2n) is 7.30. The van der Waals surface area contributed by atoms with Gasteiger partial charge in [-0.3, -0.25) is 14.6 Å². The molecule has 1 aliphatic heterocycles. The zero-order valence-electron chi connectivity index (χ0n) is 14.1. The molecule has 7 heteroatoms. The van der Waals surface area contributed by atoms with E-state index in [1.807, 2.05) is 22.0 Å². The lowest BCUT2D eigenvalue weighted by atomic mass is 9.80. The molecule has 0 saturated carbocycles. The van der Waals surface area contributed by atoms with Gasteiger partial charge in [0, 0.05) is 25.8 Å². The van der Waals surface area contributed by atoms with E-state index in [0.717, 1.165) is 51.0 Å². The second kappa shape index (κ2) is 6.37. The van der Waals surface area contributed by atoms with Crippen molar-refractivity contribution in [2.45, 2.75) is 45.1 Å². The molecular weight excluding hydrogens is 304 g/mol. The summed E-state index contributed by atoms with van der Waals surface area (Å²) in [5.41, 5.74) is 2.26. The molecule has 128 valence electrons. The minimum absolute atomic E-state index is 0.0434. The standard InChI is InChI=1S/C17H24N6O/c1-12-8-14-10-19-20-16(14)15(9-12)17(24)22-5-2-13(3-6-22)11-23-7-4-18-21-23/h4,7,10,12-13,15H,2-3,5-6,8-9,11H2,1H3,(H,19,20). The summed E-state index contributed by atoms with van der Waals surface area (Å²) in [7, 11) is 0. The molecular formula is C17H24N6O. The SMILES string of the molecule is CC1Cc2cn[nH]c2C(C(=O)N2CCC(Cn3ccnn3)CC2)C1. The number of hydrogen-bond acceptors (Lipinski definition) is 4. The molecule has 0 spiro atoms. The highest BCUT2D eigenvalue weighted by Gasteiger charge is 2.35. The number of likely N-dealkylation sites (tertiary alicyclic amines) is 1. The first-order chi connectivity index (χ1) is 11.7. The molecule has 24 heavy (non-hydrogen) atoms. The zero-order chi connectivity index (χ0) is 16.5. The highest BCUT2D eigenvalue weighted by Crippen LogP contribution is 2.35. The summed E-state index contributed by atoms with van der Waals surface area (Å²) in [4.78, 5) is 15.1. The van der Waals surface area contributed by atoms with E-state index in [4.69, 9.17) is 0 Å². The fourth-order valence-corrected chi connectivity index (χ4v) is 4.14. The van der Waals surface area contributed by atoms with E-state index in [-0.39, 0.29) is 11.8 Å². The minimum Gasteiger partial charge on any atom is -0.342 e. The summed E-state index contributed by atoms with van der Waals surface area (Å²) in [6.07, 6.45) is 9.51. The van der Waals surface area contributed by atoms with E-state index in [0.29, 0.717) is 11.8 Å². The van der Waals surface area contributed by atoms with Crippen LogP contribution in [0.2, 0.25) is 0 Å². The van der Waals surface area contributed by atoms with E-state index in [9.17, 15) is 4.79 Å². The molecule has 1 N–H and O–H groups in total. The van der Waals surface area contributed by atoms with Gasteiger partial charge in [-0.05, 0) is 43.1 Å². The molecule has 1 aliphatic carbocycles. The summed E-state index contributed by atoms with van der Waals surface area (Å²) in [5, 5.41) is 15.1. The molecule has 2 aromatic rings. The van der Waals surface area contributed by atoms with Crippen LogP contribution in [0.3, 0.4) is 0 Å². The van der Waals surface area contributed by atoms with Gasteiger partial charge in [0.25, 0.3) is 0 Å².